The fraction of sp³-hybridized carbons (Fsp3) is 0.417. The minimum Gasteiger partial charge on any atom is -0.309 e. The van der Waals surface area contributed by atoms with Gasteiger partial charge in [0, 0.05) is 30.8 Å². The van der Waals surface area contributed by atoms with Gasteiger partial charge in [-0.15, -0.1) is 0 Å². The third-order valence-electron chi connectivity index (χ3n) is 5.51. The van der Waals surface area contributed by atoms with Crippen molar-refractivity contribution < 1.29 is 9.59 Å². The maximum atomic E-state index is 13.3. The Hall–Kier alpha value is -2.62. The van der Waals surface area contributed by atoms with E-state index in [0.717, 1.165) is 42.6 Å². The standard InChI is InChI=1S/C24H30N2O2/c1-4-5-7-16-24(28)26(20-12-8-6-9-13-20)23-17-18(2)25(19(3)27)22-15-11-10-14-21(22)23/h6,8-15,18,23H,4-5,7,16-17H2,1-3H3/t18-,23-/m0/s1. The molecule has 1 heterocycles. The zero-order chi connectivity index (χ0) is 20.1. The first kappa shape index (κ1) is 20.1. The molecule has 148 valence electrons. The lowest BCUT2D eigenvalue weighted by Crippen LogP contribution is -2.47. The average molecular weight is 379 g/mol. The number of para-hydroxylation sites is 2. The first-order valence-corrected chi connectivity index (χ1v) is 10.3. The van der Waals surface area contributed by atoms with Crippen LogP contribution in [0, 0.1) is 0 Å². The number of rotatable bonds is 6. The lowest BCUT2D eigenvalue weighted by molar-refractivity contribution is -0.119. The summed E-state index contributed by atoms with van der Waals surface area (Å²) in [6, 6.07) is 17.9. The van der Waals surface area contributed by atoms with Gasteiger partial charge in [-0.1, -0.05) is 56.2 Å². The molecule has 0 unspecified atom stereocenters. The molecule has 28 heavy (non-hydrogen) atoms. The molecule has 4 nitrogen and oxygen atoms in total. The molecule has 0 aliphatic carbocycles. The zero-order valence-corrected chi connectivity index (χ0v) is 17.1. The molecular weight excluding hydrogens is 348 g/mol. The van der Waals surface area contributed by atoms with E-state index < -0.39 is 0 Å². The molecule has 0 spiro atoms. The highest BCUT2D eigenvalue weighted by atomic mass is 16.2. The number of hydrogen-bond acceptors (Lipinski definition) is 2. The highest BCUT2D eigenvalue weighted by Crippen LogP contribution is 2.42. The summed E-state index contributed by atoms with van der Waals surface area (Å²) in [5.74, 6) is 0.196. The Balaban J connectivity index is 2.03. The van der Waals surface area contributed by atoms with Crippen LogP contribution in [-0.2, 0) is 9.59 Å². The molecule has 0 saturated carbocycles. The Kier molecular flexibility index (Phi) is 6.50. The summed E-state index contributed by atoms with van der Waals surface area (Å²) in [6.45, 7) is 5.82. The quantitative estimate of drug-likeness (QED) is 0.624. The van der Waals surface area contributed by atoms with E-state index >= 15 is 0 Å². The number of nitrogens with zero attached hydrogens (tertiary/aromatic N) is 2. The first-order valence-electron chi connectivity index (χ1n) is 10.3. The Bertz CT molecular complexity index is 818. The Morgan fingerprint density at radius 2 is 1.71 bits per heavy atom. The van der Waals surface area contributed by atoms with Gasteiger partial charge in [-0.3, -0.25) is 9.59 Å². The molecule has 4 heteroatoms. The maximum Gasteiger partial charge on any atom is 0.227 e. The number of carbonyl (C=O) groups is 2. The van der Waals surface area contributed by atoms with E-state index in [1.807, 2.05) is 58.3 Å². The van der Waals surface area contributed by atoms with Crippen LogP contribution in [-0.4, -0.2) is 17.9 Å². The zero-order valence-electron chi connectivity index (χ0n) is 17.1. The maximum absolute atomic E-state index is 13.3. The second kappa shape index (κ2) is 9.05. The van der Waals surface area contributed by atoms with E-state index in [1.165, 1.54) is 0 Å². The summed E-state index contributed by atoms with van der Waals surface area (Å²) in [6.07, 6.45) is 4.33. The topological polar surface area (TPSA) is 40.6 Å². The summed E-state index contributed by atoms with van der Waals surface area (Å²) in [5.41, 5.74) is 2.89. The Labute approximate surface area is 168 Å². The SMILES string of the molecule is CCCCCC(=O)N(c1ccccc1)[C@H]1C[C@H](C)N(C(C)=O)c2ccccc21. The monoisotopic (exact) mass is 378 g/mol. The van der Waals surface area contributed by atoms with Crippen molar-refractivity contribution in [3.8, 4) is 0 Å². The van der Waals surface area contributed by atoms with Crippen molar-refractivity contribution in [1.29, 1.82) is 0 Å². The summed E-state index contributed by atoms with van der Waals surface area (Å²) in [7, 11) is 0. The van der Waals surface area contributed by atoms with Gasteiger partial charge >= 0.3 is 0 Å². The van der Waals surface area contributed by atoms with Gasteiger partial charge in [-0.05, 0) is 43.5 Å². The van der Waals surface area contributed by atoms with Gasteiger partial charge in [0.05, 0.1) is 6.04 Å². The lowest BCUT2D eigenvalue weighted by Gasteiger charge is -2.43. The van der Waals surface area contributed by atoms with Gasteiger partial charge in [0.15, 0.2) is 0 Å². The van der Waals surface area contributed by atoms with Crippen LogP contribution in [0.5, 0.6) is 0 Å². The fourth-order valence-electron chi connectivity index (χ4n) is 4.24. The van der Waals surface area contributed by atoms with Crippen LogP contribution in [0.15, 0.2) is 54.6 Å². The summed E-state index contributed by atoms with van der Waals surface area (Å²) >= 11 is 0. The number of fused-ring (bicyclic) bond motifs is 1. The van der Waals surface area contributed by atoms with Crippen LogP contribution in [0.1, 0.15) is 64.5 Å². The molecular formula is C24H30N2O2. The summed E-state index contributed by atoms with van der Waals surface area (Å²) in [4.78, 5) is 29.4. The molecule has 1 aliphatic heterocycles. The molecule has 2 atom stereocenters. The van der Waals surface area contributed by atoms with Crippen LogP contribution in [0.3, 0.4) is 0 Å². The van der Waals surface area contributed by atoms with Gasteiger partial charge in [-0.25, -0.2) is 0 Å². The number of amides is 2. The number of unbranched alkanes of at least 4 members (excludes halogenated alkanes) is 2. The van der Waals surface area contributed by atoms with Gasteiger partial charge in [0.2, 0.25) is 11.8 Å². The molecule has 2 amide bonds. The van der Waals surface area contributed by atoms with Gasteiger partial charge in [0.1, 0.15) is 0 Å². The molecule has 0 fully saturated rings. The van der Waals surface area contributed by atoms with Crippen molar-refractivity contribution in [2.24, 2.45) is 0 Å². The molecule has 0 radical (unpaired) electrons. The van der Waals surface area contributed by atoms with Gasteiger partial charge < -0.3 is 9.80 Å². The molecule has 0 saturated heterocycles. The van der Waals surface area contributed by atoms with Crippen LogP contribution in [0.25, 0.3) is 0 Å². The van der Waals surface area contributed by atoms with Gasteiger partial charge in [-0.2, -0.15) is 0 Å². The minimum absolute atomic E-state index is 0.0343. The van der Waals surface area contributed by atoms with E-state index in [4.69, 9.17) is 0 Å². The molecule has 0 bridgehead atoms. The first-order chi connectivity index (χ1) is 13.5. The van der Waals surface area contributed by atoms with Crippen molar-refractivity contribution in [3.63, 3.8) is 0 Å². The predicted octanol–water partition coefficient (Wildman–Crippen LogP) is 5.49. The van der Waals surface area contributed by atoms with Gasteiger partial charge in [0.25, 0.3) is 0 Å². The van der Waals surface area contributed by atoms with Crippen molar-refractivity contribution in [3.05, 3.63) is 60.2 Å². The van der Waals surface area contributed by atoms with Crippen molar-refractivity contribution in [1.82, 2.24) is 0 Å². The molecule has 3 rings (SSSR count). The molecule has 0 aromatic heterocycles. The van der Waals surface area contributed by atoms with Crippen LogP contribution in [0.2, 0.25) is 0 Å². The van der Waals surface area contributed by atoms with Crippen molar-refractivity contribution >= 4 is 23.2 Å². The largest absolute Gasteiger partial charge is 0.309 e. The lowest BCUT2D eigenvalue weighted by atomic mass is 9.89. The molecule has 1 aliphatic rings. The van der Waals surface area contributed by atoms with Crippen molar-refractivity contribution in [2.45, 2.75) is 65.0 Å². The van der Waals surface area contributed by atoms with E-state index in [2.05, 4.69) is 19.9 Å². The Morgan fingerprint density at radius 3 is 2.39 bits per heavy atom. The van der Waals surface area contributed by atoms with E-state index in [9.17, 15) is 9.59 Å². The van der Waals surface area contributed by atoms with Crippen LogP contribution < -0.4 is 9.80 Å². The minimum atomic E-state index is -0.0710. The number of benzene rings is 2. The second-order valence-corrected chi connectivity index (χ2v) is 7.60. The highest BCUT2D eigenvalue weighted by molar-refractivity contribution is 5.97. The van der Waals surface area contributed by atoms with Crippen molar-refractivity contribution in [2.75, 3.05) is 9.80 Å². The highest BCUT2D eigenvalue weighted by Gasteiger charge is 2.37. The van der Waals surface area contributed by atoms with E-state index in [-0.39, 0.29) is 23.9 Å². The molecule has 2 aromatic rings. The van der Waals surface area contributed by atoms with Crippen LogP contribution in [0.4, 0.5) is 11.4 Å². The third kappa shape index (κ3) is 4.11. The van der Waals surface area contributed by atoms with E-state index in [0.29, 0.717) is 6.42 Å². The average Bonchev–Trinajstić information content (AvgIpc) is 2.69. The molecule has 2 aromatic carbocycles. The summed E-state index contributed by atoms with van der Waals surface area (Å²) in [5, 5.41) is 0. The molecule has 0 N–H and O–H groups in total. The van der Waals surface area contributed by atoms with Crippen LogP contribution >= 0.6 is 0 Å². The number of anilines is 2. The normalized spacial score (nSPS) is 18.5. The Morgan fingerprint density at radius 1 is 1.04 bits per heavy atom. The second-order valence-electron chi connectivity index (χ2n) is 7.60. The number of hydrogen-bond donors (Lipinski definition) is 0. The fourth-order valence-corrected chi connectivity index (χ4v) is 4.24. The summed E-state index contributed by atoms with van der Waals surface area (Å²) < 4.78 is 0. The smallest absolute Gasteiger partial charge is 0.227 e. The number of carbonyl (C=O) groups excluding carboxylic acids is 2. The predicted molar refractivity (Wildman–Crippen MR) is 114 cm³/mol. The third-order valence-corrected chi connectivity index (χ3v) is 5.51. The van der Waals surface area contributed by atoms with E-state index in [1.54, 1.807) is 6.92 Å².